The maximum absolute atomic E-state index is 12.1. The molecular weight excluding hydrogens is 509 g/mol. The molecular formula is C18H26IN5O2S2. The minimum absolute atomic E-state index is 0. The molecule has 0 unspecified atom stereocenters. The van der Waals surface area contributed by atoms with Gasteiger partial charge in [0, 0.05) is 42.7 Å². The lowest BCUT2D eigenvalue weighted by molar-refractivity contribution is 0.581. The number of aliphatic imine (C=N–C) groups is 1. The van der Waals surface area contributed by atoms with Crippen molar-refractivity contribution in [1.29, 1.82) is 0 Å². The van der Waals surface area contributed by atoms with Gasteiger partial charge in [-0.25, -0.2) is 13.1 Å². The van der Waals surface area contributed by atoms with E-state index in [0.29, 0.717) is 12.5 Å². The van der Waals surface area contributed by atoms with Crippen LogP contribution in [0.2, 0.25) is 0 Å². The minimum Gasteiger partial charge on any atom is -0.357 e. The number of aromatic nitrogens is 1. The molecule has 0 spiro atoms. The zero-order valence-electron chi connectivity index (χ0n) is 15.7. The van der Waals surface area contributed by atoms with Crippen molar-refractivity contribution < 1.29 is 8.42 Å². The van der Waals surface area contributed by atoms with E-state index >= 15 is 0 Å². The van der Waals surface area contributed by atoms with Crippen LogP contribution in [0.1, 0.15) is 6.92 Å². The van der Waals surface area contributed by atoms with Crippen molar-refractivity contribution in [3.63, 3.8) is 0 Å². The van der Waals surface area contributed by atoms with Crippen LogP contribution >= 0.6 is 35.7 Å². The van der Waals surface area contributed by atoms with Gasteiger partial charge in [0.1, 0.15) is 4.90 Å². The van der Waals surface area contributed by atoms with Gasteiger partial charge >= 0.3 is 0 Å². The van der Waals surface area contributed by atoms with E-state index in [2.05, 4.69) is 37.5 Å². The van der Waals surface area contributed by atoms with Crippen molar-refractivity contribution >= 4 is 51.7 Å². The Bertz CT molecular complexity index is 805. The summed E-state index contributed by atoms with van der Waals surface area (Å²) >= 11 is 1.77. The fourth-order valence-corrected chi connectivity index (χ4v) is 3.91. The minimum atomic E-state index is -3.55. The number of hydrogen-bond acceptors (Lipinski definition) is 5. The summed E-state index contributed by atoms with van der Waals surface area (Å²) in [7, 11) is -3.55. The molecule has 1 heterocycles. The Labute approximate surface area is 188 Å². The number of nitrogens with zero attached hydrogens (tertiary/aromatic N) is 2. The number of pyridine rings is 1. The third kappa shape index (κ3) is 9.22. The molecule has 0 atom stereocenters. The highest BCUT2D eigenvalue weighted by Crippen LogP contribution is 2.15. The van der Waals surface area contributed by atoms with Crippen LogP contribution in [0.5, 0.6) is 0 Å². The monoisotopic (exact) mass is 535 g/mol. The van der Waals surface area contributed by atoms with Crippen LogP contribution in [0, 0.1) is 0 Å². The first kappa shape index (κ1) is 24.7. The molecule has 28 heavy (non-hydrogen) atoms. The van der Waals surface area contributed by atoms with E-state index in [-0.39, 0.29) is 35.4 Å². The summed E-state index contributed by atoms with van der Waals surface area (Å²) in [5.41, 5.74) is 0. The van der Waals surface area contributed by atoms with E-state index < -0.39 is 10.0 Å². The summed E-state index contributed by atoms with van der Waals surface area (Å²) in [5, 5.41) is 6.40. The Kier molecular flexibility index (Phi) is 12.1. The van der Waals surface area contributed by atoms with E-state index in [9.17, 15) is 8.42 Å². The summed E-state index contributed by atoms with van der Waals surface area (Å²) in [6, 6.07) is 13.3. The Hall–Kier alpha value is -1.37. The smallest absolute Gasteiger partial charge is 0.242 e. The molecule has 0 radical (unpaired) electrons. The topological polar surface area (TPSA) is 95.5 Å². The fraction of sp³-hybridized carbons (Fsp3) is 0.333. The molecule has 0 aliphatic heterocycles. The van der Waals surface area contributed by atoms with Crippen molar-refractivity contribution in [2.75, 3.05) is 31.9 Å². The van der Waals surface area contributed by atoms with E-state index in [1.54, 1.807) is 17.8 Å². The van der Waals surface area contributed by atoms with Crippen LogP contribution in [-0.2, 0) is 10.0 Å². The second-order valence-corrected chi connectivity index (χ2v) is 8.37. The van der Waals surface area contributed by atoms with Crippen LogP contribution in [0.25, 0.3) is 0 Å². The van der Waals surface area contributed by atoms with Crippen LogP contribution < -0.4 is 15.4 Å². The van der Waals surface area contributed by atoms with Gasteiger partial charge in [0.05, 0.1) is 6.54 Å². The molecule has 2 aromatic rings. The van der Waals surface area contributed by atoms with Gasteiger partial charge < -0.3 is 10.6 Å². The number of hydrogen-bond donors (Lipinski definition) is 3. The number of halogens is 1. The zero-order chi connectivity index (χ0) is 19.4. The maximum atomic E-state index is 12.1. The molecule has 1 aromatic carbocycles. The number of sulfonamides is 1. The number of nitrogens with one attached hydrogen (secondary N) is 3. The van der Waals surface area contributed by atoms with Crippen molar-refractivity contribution in [1.82, 2.24) is 20.3 Å². The molecule has 3 N–H and O–H groups in total. The standard InChI is InChI=1S/C18H25N5O2S2.HI/c1-2-20-18(22-13-14-26-16-7-4-3-5-8-16)21-11-12-23-27(24,25)17-9-6-10-19-15-17;/h3-10,15,23H,2,11-14H2,1H3,(H2,20,21,22);1H. The first-order valence-electron chi connectivity index (χ1n) is 8.71. The molecule has 0 fully saturated rings. The Morgan fingerprint density at radius 3 is 2.57 bits per heavy atom. The van der Waals surface area contributed by atoms with Crippen molar-refractivity contribution in [3.8, 4) is 0 Å². The first-order chi connectivity index (χ1) is 13.1. The van der Waals surface area contributed by atoms with Gasteiger partial charge in [-0.3, -0.25) is 9.98 Å². The highest BCUT2D eigenvalue weighted by atomic mass is 127. The largest absolute Gasteiger partial charge is 0.357 e. The Morgan fingerprint density at radius 2 is 1.89 bits per heavy atom. The zero-order valence-corrected chi connectivity index (χ0v) is 19.6. The van der Waals surface area contributed by atoms with Crippen LogP contribution in [0.15, 0.2) is 69.6 Å². The van der Waals surface area contributed by atoms with Gasteiger partial charge in [0.2, 0.25) is 10.0 Å². The highest BCUT2D eigenvalue weighted by molar-refractivity contribution is 14.0. The second kappa shape index (κ2) is 13.7. The van der Waals surface area contributed by atoms with Gasteiger partial charge in [0.15, 0.2) is 5.96 Å². The third-order valence-corrected chi connectivity index (χ3v) is 5.83. The highest BCUT2D eigenvalue weighted by Gasteiger charge is 2.12. The number of thioether (sulfide) groups is 1. The average Bonchev–Trinajstić information content (AvgIpc) is 2.70. The number of rotatable bonds is 10. The molecule has 154 valence electrons. The molecule has 0 saturated carbocycles. The normalized spacial score (nSPS) is 11.5. The molecule has 0 aliphatic carbocycles. The predicted molar refractivity (Wildman–Crippen MR) is 126 cm³/mol. The summed E-state index contributed by atoms with van der Waals surface area (Å²) in [6.07, 6.45) is 2.86. The van der Waals surface area contributed by atoms with Crippen molar-refractivity contribution in [2.45, 2.75) is 16.7 Å². The van der Waals surface area contributed by atoms with Gasteiger partial charge in [0.25, 0.3) is 0 Å². The Balaban J connectivity index is 0.00000392. The SMILES string of the molecule is CCNC(=NCCNS(=O)(=O)c1cccnc1)NCCSc1ccccc1.I. The first-order valence-corrected chi connectivity index (χ1v) is 11.2. The molecule has 2 rings (SSSR count). The van der Waals surface area contributed by atoms with Gasteiger partial charge in [-0.05, 0) is 31.2 Å². The lowest BCUT2D eigenvalue weighted by Gasteiger charge is -2.11. The Morgan fingerprint density at radius 1 is 1.11 bits per heavy atom. The lowest BCUT2D eigenvalue weighted by Crippen LogP contribution is -2.39. The average molecular weight is 535 g/mol. The molecule has 0 amide bonds. The maximum Gasteiger partial charge on any atom is 0.242 e. The van der Waals surface area contributed by atoms with Crippen molar-refractivity contribution in [2.24, 2.45) is 4.99 Å². The molecule has 7 nitrogen and oxygen atoms in total. The van der Waals surface area contributed by atoms with E-state index in [1.165, 1.54) is 23.4 Å². The van der Waals surface area contributed by atoms with Gasteiger partial charge in [-0.2, -0.15) is 0 Å². The van der Waals surface area contributed by atoms with Crippen LogP contribution in [0.4, 0.5) is 0 Å². The van der Waals surface area contributed by atoms with Crippen LogP contribution in [0.3, 0.4) is 0 Å². The summed E-state index contributed by atoms with van der Waals surface area (Å²) in [4.78, 5) is 9.60. The molecule has 1 aromatic heterocycles. The summed E-state index contributed by atoms with van der Waals surface area (Å²) in [6.45, 7) is 4.03. The summed E-state index contributed by atoms with van der Waals surface area (Å²) in [5.74, 6) is 1.58. The molecule has 0 bridgehead atoms. The van der Waals surface area contributed by atoms with Crippen molar-refractivity contribution in [3.05, 3.63) is 54.9 Å². The molecule has 0 saturated heterocycles. The van der Waals surface area contributed by atoms with Gasteiger partial charge in [-0.15, -0.1) is 35.7 Å². The predicted octanol–water partition coefficient (Wildman–Crippen LogP) is 2.33. The van der Waals surface area contributed by atoms with E-state index in [0.717, 1.165) is 18.8 Å². The third-order valence-electron chi connectivity index (χ3n) is 3.37. The fourth-order valence-electron chi connectivity index (χ4n) is 2.13. The summed E-state index contributed by atoms with van der Waals surface area (Å²) < 4.78 is 26.8. The number of benzene rings is 1. The van der Waals surface area contributed by atoms with Gasteiger partial charge in [-0.1, -0.05) is 18.2 Å². The van der Waals surface area contributed by atoms with E-state index in [1.807, 2.05) is 25.1 Å². The molecule has 0 aliphatic rings. The molecule has 10 heteroatoms. The van der Waals surface area contributed by atoms with E-state index in [4.69, 9.17) is 0 Å². The second-order valence-electron chi connectivity index (χ2n) is 5.44. The lowest BCUT2D eigenvalue weighted by atomic mass is 10.4. The number of guanidine groups is 1. The van der Waals surface area contributed by atoms with Crippen LogP contribution in [-0.4, -0.2) is 51.3 Å². The quantitative estimate of drug-likeness (QED) is 0.142.